The molecule has 0 saturated heterocycles. The number of amides is 1. The van der Waals surface area contributed by atoms with Crippen LogP contribution in [0.3, 0.4) is 0 Å². The molecule has 166 valence electrons. The summed E-state index contributed by atoms with van der Waals surface area (Å²) >= 11 is 6.07. The number of ether oxygens (including phenoxy) is 2. The second-order valence-corrected chi connectivity index (χ2v) is 8.30. The van der Waals surface area contributed by atoms with Gasteiger partial charge in [-0.05, 0) is 41.0 Å². The molecule has 4 aromatic rings. The highest BCUT2D eigenvalue weighted by Gasteiger charge is 2.32. The van der Waals surface area contributed by atoms with Gasteiger partial charge in [0.15, 0.2) is 17.3 Å². The Morgan fingerprint density at radius 2 is 1.88 bits per heavy atom. The highest BCUT2D eigenvalue weighted by Crippen LogP contribution is 2.43. The van der Waals surface area contributed by atoms with Crippen molar-refractivity contribution in [2.45, 2.75) is 18.9 Å². The number of nitrogens with one attached hydrogen (secondary N) is 2. The van der Waals surface area contributed by atoms with Crippen molar-refractivity contribution >= 4 is 23.3 Å². The minimum atomic E-state index is -0.168. The maximum absolute atomic E-state index is 12.4. The molecule has 0 aliphatic carbocycles. The summed E-state index contributed by atoms with van der Waals surface area (Å²) in [4.78, 5) is 12.4. The molecule has 1 aliphatic rings. The molecule has 0 fully saturated rings. The van der Waals surface area contributed by atoms with Crippen LogP contribution in [0, 0.1) is 0 Å². The van der Waals surface area contributed by atoms with Crippen LogP contribution < -0.4 is 14.8 Å². The van der Waals surface area contributed by atoms with Gasteiger partial charge in [-0.1, -0.05) is 60.1 Å². The molecule has 1 aromatic heterocycles. The zero-order chi connectivity index (χ0) is 22.8. The maximum atomic E-state index is 12.4. The van der Waals surface area contributed by atoms with Crippen LogP contribution in [-0.4, -0.2) is 23.2 Å². The van der Waals surface area contributed by atoms with E-state index in [4.69, 9.17) is 21.1 Å². The number of H-pyrrole nitrogens is 1. The van der Waals surface area contributed by atoms with Crippen molar-refractivity contribution in [3.05, 3.63) is 94.5 Å². The maximum Gasteiger partial charge on any atom is 0.226 e. The summed E-state index contributed by atoms with van der Waals surface area (Å²) < 4.78 is 11.6. The van der Waals surface area contributed by atoms with Crippen molar-refractivity contribution in [1.29, 1.82) is 0 Å². The molecule has 1 amide bonds. The number of carbonyl (C=O) groups is 1. The lowest BCUT2D eigenvalue weighted by molar-refractivity contribution is -0.116. The van der Waals surface area contributed by atoms with E-state index in [1.54, 1.807) is 7.11 Å². The molecular weight excluding hydrogens is 438 g/mol. The molecule has 0 saturated carbocycles. The first-order valence-electron chi connectivity index (χ1n) is 10.6. The zero-order valence-electron chi connectivity index (χ0n) is 18.0. The fraction of sp³-hybridized carbons (Fsp3) is 0.154. The molecular formula is C26H22ClN3O3. The van der Waals surface area contributed by atoms with Crippen molar-refractivity contribution in [2.24, 2.45) is 0 Å². The van der Waals surface area contributed by atoms with Gasteiger partial charge < -0.3 is 14.8 Å². The van der Waals surface area contributed by atoms with Crippen LogP contribution in [0.5, 0.6) is 11.5 Å². The van der Waals surface area contributed by atoms with Gasteiger partial charge in [0, 0.05) is 22.9 Å². The predicted molar refractivity (Wildman–Crippen MR) is 128 cm³/mol. The molecule has 1 aliphatic heterocycles. The largest absolute Gasteiger partial charge is 0.493 e. The quantitative estimate of drug-likeness (QED) is 0.382. The topological polar surface area (TPSA) is 76.2 Å². The fourth-order valence-corrected chi connectivity index (χ4v) is 4.39. The van der Waals surface area contributed by atoms with E-state index < -0.39 is 0 Å². The first kappa shape index (κ1) is 21.1. The van der Waals surface area contributed by atoms with Gasteiger partial charge in [0.25, 0.3) is 0 Å². The lowest BCUT2D eigenvalue weighted by Crippen LogP contribution is -2.23. The number of hydrogen-bond donors (Lipinski definition) is 2. The minimum absolute atomic E-state index is 0.0705. The Balaban J connectivity index is 1.47. The third-order valence-corrected chi connectivity index (χ3v) is 5.97. The van der Waals surface area contributed by atoms with Crippen LogP contribution in [0.1, 0.15) is 29.0 Å². The second kappa shape index (κ2) is 9.00. The van der Waals surface area contributed by atoms with E-state index in [1.165, 1.54) is 0 Å². The highest BCUT2D eigenvalue weighted by molar-refractivity contribution is 6.30. The summed E-state index contributed by atoms with van der Waals surface area (Å²) in [6, 6.07) is 23.3. The Labute approximate surface area is 196 Å². The molecule has 2 heterocycles. The van der Waals surface area contributed by atoms with E-state index in [-0.39, 0.29) is 11.8 Å². The van der Waals surface area contributed by atoms with Gasteiger partial charge in [-0.25, -0.2) is 0 Å². The molecule has 0 spiro atoms. The van der Waals surface area contributed by atoms with Crippen molar-refractivity contribution in [3.8, 4) is 22.8 Å². The molecule has 0 radical (unpaired) electrons. The van der Waals surface area contributed by atoms with Gasteiger partial charge in [-0.3, -0.25) is 9.89 Å². The van der Waals surface area contributed by atoms with Crippen LogP contribution >= 0.6 is 11.6 Å². The average Bonchev–Trinajstić information content (AvgIpc) is 3.26. The van der Waals surface area contributed by atoms with Gasteiger partial charge in [0.2, 0.25) is 5.91 Å². The second-order valence-electron chi connectivity index (χ2n) is 7.86. The molecule has 0 bridgehead atoms. The molecule has 6 nitrogen and oxygen atoms in total. The van der Waals surface area contributed by atoms with Gasteiger partial charge in [0.05, 0.1) is 12.8 Å². The van der Waals surface area contributed by atoms with E-state index in [0.717, 1.165) is 27.9 Å². The first-order valence-corrected chi connectivity index (χ1v) is 11.0. The number of benzene rings is 3. The smallest absolute Gasteiger partial charge is 0.226 e. The lowest BCUT2D eigenvalue weighted by atomic mass is 9.84. The third kappa shape index (κ3) is 4.30. The van der Waals surface area contributed by atoms with Gasteiger partial charge in [-0.15, -0.1) is 0 Å². The summed E-state index contributed by atoms with van der Waals surface area (Å²) in [5.74, 6) is 1.55. The summed E-state index contributed by atoms with van der Waals surface area (Å²) in [6.45, 7) is 0.367. The van der Waals surface area contributed by atoms with Gasteiger partial charge in [-0.2, -0.15) is 5.10 Å². The number of rotatable bonds is 6. The molecule has 7 heteroatoms. The number of halogens is 1. The Hall–Kier alpha value is -3.77. The lowest BCUT2D eigenvalue weighted by Gasteiger charge is -2.24. The number of aromatic nitrogens is 2. The standard InChI is InChI=1S/C26H22ClN3O3/c1-32-22-13-18(10-11-21(22)33-15-16-6-5-9-19(27)12-16)20-14-23(31)28-26-24(20)25(29-30-26)17-7-3-2-4-8-17/h2-13,20H,14-15H2,1H3,(H2,28,29,30,31). The first-order chi connectivity index (χ1) is 16.1. The number of hydrogen-bond acceptors (Lipinski definition) is 4. The van der Waals surface area contributed by atoms with Crippen LogP contribution in [0.25, 0.3) is 11.3 Å². The third-order valence-electron chi connectivity index (χ3n) is 5.74. The summed E-state index contributed by atoms with van der Waals surface area (Å²) in [5, 5.41) is 11.0. The SMILES string of the molecule is COc1cc(C2CC(=O)Nc3n[nH]c(-c4ccccc4)c32)ccc1OCc1cccc(Cl)c1. The number of fused-ring (bicyclic) bond motifs is 1. The van der Waals surface area contributed by atoms with Crippen molar-refractivity contribution < 1.29 is 14.3 Å². The number of anilines is 1. The van der Waals surface area contributed by atoms with Crippen molar-refractivity contribution in [2.75, 3.05) is 12.4 Å². The fourth-order valence-electron chi connectivity index (χ4n) is 4.17. The van der Waals surface area contributed by atoms with Crippen LogP contribution in [0.15, 0.2) is 72.8 Å². The molecule has 5 rings (SSSR count). The summed E-state index contributed by atoms with van der Waals surface area (Å²) in [5.41, 5.74) is 4.80. The summed E-state index contributed by atoms with van der Waals surface area (Å²) in [7, 11) is 1.61. The van der Waals surface area contributed by atoms with E-state index in [9.17, 15) is 4.79 Å². The van der Waals surface area contributed by atoms with Gasteiger partial charge in [0.1, 0.15) is 6.61 Å². The van der Waals surface area contributed by atoms with E-state index >= 15 is 0 Å². The molecule has 1 atom stereocenters. The number of methoxy groups -OCH3 is 1. The molecule has 33 heavy (non-hydrogen) atoms. The molecule has 1 unspecified atom stereocenters. The zero-order valence-corrected chi connectivity index (χ0v) is 18.7. The van der Waals surface area contributed by atoms with E-state index in [0.29, 0.717) is 35.4 Å². The van der Waals surface area contributed by atoms with Crippen LogP contribution in [0.2, 0.25) is 5.02 Å². The number of carbonyl (C=O) groups excluding carboxylic acids is 1. The van der Waals surface area contributed by atoms with Crippen molar-refractivity contribution in [3.63, 3.8) is 0 Å². The average molecular weight is 460 g/mol. The Morgan fingerprint density at radius 3 is 2.67 bits per heavy atom. The van der Waals surface area contributed by atoms with Gasteiger partial charge >= 0.3 is 0 Å². The Kier molecular flexibility index (Phi) is 5.75. The predicted octanol–water partition coefficient (Wildman–Crippen LogP) is 5.79. The normalized spacial score (nSPS) is 15.0. The number of nitrogens with zero attached hydrogens (tertiary/aromatic N) is 1. The van der Waals surface area contributed by atoms with Crippen LogP contribution in [-0.2, 0) is 11.4 Å². The van der Waals surface area contributed by atoms with E-state index in [2.05, 4.69) is 15.5 Å². The van der Waals surface area contributed by atoms with Crippen LogP contribution in [0.4, 0.5) is 5.82 Å². The Bertz CT molecular complexity index is 1300. The molecule has 2 N–H and O–H groups in total. The summed E-state index contributed by atoms with van der Waals surface area (Å²) in [6.07, 6.45) is 0.318. The monoisotopic (exact) mass is 459 g/mol. The van der Waals surface area contributed by atoms with E-state index in [1.807, 2.05) is 72.8 Å². The Morgan fingerprint density at radius 1 is 1.03 bits per heavy atom. The number of aromatic amines is 1. The van der Waals surface area contributed by atoms with Crippen molar-refractivity contribution in [1.82, 2.24) is 10.2 Å². The minimum Gasteiger partial charge on any atom is -0.493 e. The highest BCUT2D eigenvalue weighted by atomic mass is 35.5. The molecule has 3 aromatic carbocycles.